The van der Waals surface area contributed by atoms with Gasteiger partial charge in [0.2, 0.25) is 11.8 Å². The average molecular weight is 317 g/mol. The fraction of sp³-hybridized carbons (Fsp3) is 0.529. The maximum absolute atomic E-state index is 12.2. The van der Waals surface area contributed by atoms with E-state index in [1.807, 2.05) is 36.1 Å². The molecular formula is C17H23N3O3. The Hall–Kier alpha value is -1.92. The first-order valence-electron chi connectivity index (χ1n) is 8.03. The van der Waals surface area contributed by atoms with Crippen LogP contribution in [0.2, 0.25) is 0 Å². The van der Waals surface area contributed by atoms with Crippen LogP contribution in [0.25, 0.3) is 0 Å². The molecule has 0 radical (unpaired) electrons. The van der Waals surface area contributed by atoms with E-state index in [1.54, 1.807) is 0 Å². The first-order valence-corrected chi connectivity index (χ1v) is 8.03. The summed E-state index contributed by atoms with van der Waals surface area (Å²) in [5.41, 5.74) is 2.29. The Kier molecular flexibility index (Phi) is 4.93. The van der Waals surface area contributed by atoms with E-state index in [2.05, 4.69) is 10.6 Å². The number of nitrogens with zero attached hydrogens (tertiary/aromatic N) is 1. The van der Waals surface area contributed by atoms with E-state index in [1.165, 1.54) is 5.56 Å². The molecule has 1 aromatic rings. The number of amides is 2. The molecule has 2 heterocycles. The van der Waals surface area contributed by atoms with Crippen molar-refractivity contribution < 1.29 is 14.3 Å². The van der Waals surface area contributed by atoms with E-state index in [0.29, 0.717) is 39.4 Å². The predicted octanol–water partition coefficient (Wildman–Crippen LogP) is 0.0580. The van der Waals surface area contributed by atoms with Gasteiger partial charge in [-0.2, -0.15) is 0 Å². The molecule has 2 N–H and O–H groups in total. The second-order valence-corrected chi connectivity index (χ2v) is 6.34. The molecule has 2 saturated heterocycles. The van der Waals surface area contributed by atoms with Gasteiger partial charge < -0.3 is 15.4 Å². The van der Waals surface area contributed by atoms with Crippen molar-refractivity contribution >= 4 is 11.8 Å². The number of benzene rings is 1. The lowest BCUT2D eigenvalue weighted by Gasteiger charge is -2.26. The molecule has 2 aliphatic rings. The van der Waals surface area contributed by atoms with Gasteiger partial charge in [-0.05, 0) is 18.1 Å². The highest BCUT2D eigenvalue weighted by Gasteiger charge is 2.33. The number of rotatable bonds is 4. The normalized spacial score (nSPS) is 24.7. The van der Waals surface area contributed by atoms with Crippen molar-refractivity contribution in [2.45, 2.75) is 19.5 Å². The summed E-state index contributed by atoms with van der Waals surface area (Å²) in [4.78, 5) is 26.2. The summed E-state index contributed by atoms with van der Waals surface area (Å²) in [6, 6.07) is 7.99. The predicted molar refractivity (Wildman–Crippen MR) is 85.7 cm³/mol. The molecule has 6 heteroatoms. The molecule has 2 fully saturated rings. The Morgan fingerprint density at radius 3 is 3.00 bits per heavy atom. The molecule has 23 heavy (non-hydrogen) atoms. The zero-order valence-electron chi connectivity index (χ0n) is 13.4. The number of aryl methyl sites for hydroxylation is 1. The number of hydrogen-bond donors (Lipinski definition) is 2. The molecule has 0 unspecified atom stereocenters. The highest BCUT2D eigenvalue weighted by Crippen LogP contribution is 2.13. The van der Waals surface area contributed by atoms with Crippen LogP contribution in [0.1, 0.15) is 11.1 Å². The highest BCUT2D eigenvalue weighted by molar-refractivity contribution is 5.81. The van der Waals surface area contributed by atoms with Crippen LogP contribution in [-0.2, 0) is 20.9 Å². The van der Waals surface area contributed by atoms with Crippen LogP contribution in [0.5, 0.6) is 0 Å². The summed E-state index contributed by atoms with van der Waals surface area (Å²) in [7, 11) is 0. The van der Waals surface area contributed by atoms with Crippen LogP contribution >= 0.6 is 0 Å². The molecule has 0 spiro atoms. The number of hydrogen-bond acceptors (Lipinski definition) is 4. The van der Waals surface area contributed by atoms with Gasteiger partial charge in [0.25, 0.3) is 0 Å². The fourth-order valence-electron chi connectivity index (χ4n) is 3.11. The molecule has 2 bridgehead atoms. The third-order valence-electron chi connectivity index (χ3n) is 4.42. The van der Waals surface area contributed by atoms with Crippen LogP contribution in [-0.4, -0.2) is 55.6 Å². The molecule has 2 atom stereocenters. The molecular weight excluding hydrogens is 294 g/mol. The van der Waals surface area contributed by atoms with Gasteiger partial charge in [0.15, 0.2) is 0 Å². The van der Waals surface area contributed by atoms with Crippen molar-refractivity contribution in [3.8, 4) is 0 Å². The van der Waals surface area contributed by atoms with Gasteiger partial charge in [-0.15, -0.1) is 0 Å². The van der Waals surface area contributed by atoms with Crippen LogP contribution in [0, 0.1) is 12.8 Å². The quantitative estimate of drug-likeness (QED) is 0.824. The van der Waals surface area contributed by atoms with Gasteiger partial charge in [0.05, 0.1) is 31.7 Å². The monoisotopic (exact) mass is 317 g/mol. The van der Waals surface area contributed by atoms with E-state index in [0.717, 1.165) is 5.56 Å². The largest absolute Gasteiger partial charge is 0.378 e. The third-order valence-corrected chi connectivity index (χ3v) is 4.42. The average Bonchev–Trinajstić information content (AvgIpc) is 2.75. The Morgan fingerprint density at radius 2 is 2.17 bits per heavy atom. The lowest BCUT2D eigenvalue weighted by molar-refractivity contribution is -0.126. The Morgan fingerprint density at radius 1 is 1.35 bits per heavy atom. The Labute approximate surface area is 136 Å². The summed E-state index contributed by atoms with van der Waals surface area (Å²) in [6.07, 6.45) is 0. The topological polar surface area (TPSA) is 70.7 Å². The number of carbonyl (C=O) groups excluding carboxylic acids is 2. The number of ether oxygens (including phenoxy) is 1. The molecule has 0 aromatic heterocycles. The molecule has 1 aromatic carbocycles. The number of fused-ring (bicyclic) bond motifs is 3. The summed E-state index contributed by atoms with van der Waals surface area (Å²) < 4.78 is 5.49. The van der Waals surface area contributed by atoms with Gasteiger partial charge in [-0.1, -0.05) is 24.3 Å². The van der Waals surface area contributed by atoms with E-state index >= 15 is 0 Å². The Bertz CT molecular complexity index is 590. The van der Waals surface area contributed by atoms with Crippen molar-refractivity contribution in [3.63, 3.8) is 0 Å². The van der Waals surface area contributed by atoms with Gasteiger partial charge in [-0.3, -0.25) is 14.5 Å². The van der Waals surface area contributed by atoms with Crippen molar-refractivity contribution in [3.05, 3.63) is 35.4 Å². The molecule has 2 aliphatic heterocycles. The van der Waals surface area contributed by atoms with Crippen LogP contribution in [0.15, 0.2) is 24.3 Å². The van der Waals surface area contributed by atoms with E-state index in [9.17, 15) is 9.59 Å². The first kappa shape index (κ1) is 16.0. The summed E-state index contributed by atoms with van der Waals surface area (Å²) in [5, 5.41) is 5.94. The van der Waals surface area contributed by atoms with Gasteiger partial charge >= 0.3 is 0 Å². The first-order chi connectivity index (χ1) is 11.1. The van der Waals surface area contributed by atoms with Crippen LogP contribution in [0.4, 0.5) is 0 Å². The van der Waals surface area contributed by atoms with Gasteiger partial charge in [0, 0.05) is 19.6 Å². The number of nitrogens with one attached hydrogen (secondary N) is 2. The maximum Gasteiger partial charge on any atom is 0.234 e. The van der Waals surface area contributed by atoms with E-state index in [-0.39, 0.29) is 23.8 Å². The second kappa shape index (κ2) is 7.10. The molecule has 124 valence electrons. The molecule has 0 saturated carbocycles. The summed E-state index contributed by atoms with van der Waals surface area (Å²) in [5.74, 6) is -0.163. The minimum absolute atomic E-state index is 0.0124. The smallest absolute Gasteiger partial charge is 0.234 e. The zero-order valence-corrected chi connectivity index (χ0v) is 13.4. The van der Waals surface area contributed by atoms with E-state index < -0.39 is 0 Å². The lowest BCUT2D eigenvalue weighted by atomic mass is 10.1. The minimum atomic E-state index is -0.188. The third kappa shape index (κ3) is 4.09. The lowest BCUT2D eigenvalue weighted by Crippen LogP contribution is -2.45. The molecule has 6 nitrogen and oxygen atoms in total. The van der Waals surface area contributed by atoms with E-state index in [4.69, 9.17) is 4.74 Å². The molecule has 3 rings (SSSR count). The summed E-state index contributed by atoms with van der Waals surface area (Å²) in [6.45, 7) is 5.06. The zero-order chi connectivity index (χ0) is 16.2. The van der Waals surface area contributed by atoms with Crippen molar-refractivity contribution in [2.75, 3.05) is 32.8 Å². The minimum Gasteiger partial charge on any atom is -0.378 e. The Balaban J connectivity index is 1.53. The maximum atomic E-state index is 12.2. The fourth-order valence-corrected chi connectivity index (χ4v) is 3.11. The van der Waals surface area contributed by atoms with Crippen molar-refractivity contribution in [1.82, 2.24) is 15.5 Å². The molecule has 0 aliphatic carbocycles. The van der Waals surface area contributed by atoms with Crippen LogP contribution < -0.4 is 10.6 Å². The summed E-state index contributed by atoms with van der Waals surface area (Å²) >= 11 is 0. The van der Waals surface area contributed by atoms with Crippen molar-refractivity contribution in [2.24, 2.45) is 5.92 Å². The standard InChI is InChI=1S/C17H23N3O3/c1-12-4-2-3-5-13(12)6-18-16(21)9-20-7-14-10-23-11-15(8-20)19-17(14)22/h2-5,14-15H,6-11H2,1H3,(H,18,21)(H,19,22)/t14-,15+/m1/s1. The second-order valence-electron chi connectivity index (χ2n) is 6.34. The van der Waals surface area contributed by atoms with Crippen molar-refractivity contribution in [1.29, 1.82) is 0 Å². The van der Waals surface area contributed by atoms with Gasteiger partial charge in [0.1, 0.15) is 0 Å². The van der Waals surface area contributed by atoms with Crippen LogP contribution in [0.3, 0.4) is 0 Å². The SMILES string of the molecule is Cc1ccccc1CNC(=O)CN1C[C@H]2COC[C@@H](C1)C(=O)N2. The number of carbonyl (C=O) groups is 2. The van der Waals surface area contributed by atoms with Gasteiger partial charge in [-0.25, -0.2) is 0 Å². The highest BCUT2D eigenvalue weighted by atomic mass is 16.5. The molecule has 2 amide bonds.